The van der Waals surface area contributed by atoms with Crippen molar-refractivity contribution in [2.75, 3.05) is 19.8 Å². The Hall–Kier alpha value is -2.15. The van der Waals surface area contributed by atoms with Crippen molar-refractivity contribution >= 4 is 11.6 Å². The van der Waals surface area contributed by atoms with E-state index in [0.717, 1.165) is 6.07 Å². The monoisotopic (exact) mass is 280 g/mol. The van der Waals surface area contributed by atoms with Crippen LogP contribution >= 0.6 is 0 Å². The van der Waals surface area contributed by atoms with Gasteiger partial charge >= 0.3 is 5.69 Å². The van der Waals surface area contributed by atoms with Gasteiger partial charge in [0, 0.05) is 19.2 Å². The number of hydrogen-bond acceptors (Lipinski definition) is 5. The molecule has 2 N–H and O–H groups in total. The summed E-state index contributed by atoms with van der Waals surface area (Å²) in [7, 11) is 0. The van der Waals surface area contributed by atoms with E-state index in [-0.39, 0.29) is 5.56 Å². The second kappa shape index (κ2) is 6.33. The molecule has 1 aromatic carbocycles. The number of carbonyl (C=O) groups excluding carboxylic acids is 1. The molecule has 7 heteroatoms. The highest BCUT2D eigenvalue weighted by atomic mass is 16.6. The van der Waals surface area contributed by atoms with Crippen LogP contribution in [0.15, 0.2) is 18.2 Å². The van der Waals surface area contributed by atoms with E-state index in [4.69, 9.17) is 4.74 Å². The smallest absolute Gasteiger partial charge is 0.311 e. The van der Waals surface area contributed by atoms with E-state index in [1.54, 1.807) is 0 Å². The average Bonchev–Trinajstić information content (AvgIpc) is 3.22. The molecule has 0 aromatic heterocycles. The molecule has 1 amide bonds. The Morgan fingerprint density at radius 3 is 2.90 bits per heavy atom. The molecular formula is C13H16N2O5. The summed E-state index contributed by atoms with van der Waals surface area (Å²) < 4.78 is 5.35. The van der Waals surface area contributed by atoms with Crippen molar-refractivity contribution in [2.24, 2.45) is 5.92 Å². The van der Waals surface area contributed by atoms with Crippen molar-refractivity contribution in [3.8, 4) is 5.75 Å². The molecule has 0 saturated heterocycles. The molecule has 1 aliphatic rings. The van der Waals surface area contributed by atoms with Gasteiger partial charge in [0.1, 0.15) is 0 Å². The topological polar surface area (TPSA) is 102 Å². The highest BCUT2D eigenvalue weighted by Crippen LogP contribution is 2.29. The molecule has 1 fully saturated rings. The molecule has 0 aliphatic heterocycles. The van der Waals surface area contributed by atoms with Gasteiger partial charge in [0.05, 0.1) is 17.1 Å². The first kappa shape index (κ1) is 14.3. The van der Waals surface area contributed by atoms with Crippen LogP contribution in [0.3, 0.4) is 0 Å². The summed E-state index contributed by atoms with van der Waals surface area (Å²) in [5.41, 5.74) is -0.593. The van der Waals surface area contributed by atoms with Gasteiger partial charge < -0.3 is 15.2 Å². The number of nitrogens with one attached hydrogen (secondary N) is 1. The lowest BCUT2D eigenvalue weighted by atomic mass is 10.1. The highest BCUT2D eigenvalue weighted by Gasteiger charge is 2.22. The highest BCUT2D eigenvalue weighted by molar-refractivity contribution is 5.98. The summed E-state index contributed by atoms with van der Waals surface area (Å²) in [6.45, 7) is 1.39. The van der Waals surface area contributed by atoms with Gasteiger partial charge in [0.2, 0.25) is 5.75 Å². The average molecular weight is 280 g/mol. The number of phenolic OH excluding ortho intramolecular Hbond substituents is 1. The van der Waals surface area contributed by atoms with Crippen LogP contribution in [0.25, 0.3) is 0 Å². The molecule has 1 saturated carbocycles. The fourth-order valence-corrected chi connectivity index (χ4v) is 1.73. The van der Waals surface area contributed by atoms with E-state index in [1.165, 1.54) is 25.0 Å². The number of ether oxygens (including phenoxy) is 1. The van der Waals surface area contributed by atoms with Crippen LogP contribution in [0.2, 0.25) is 0 Å². The molecule has 108 valence electrons. The fraction of sp³-hybridized carbons (Fsp3) is 0.462. The SMILES string of the molecule is O=C(NCCOCC1CC1)c1cccc([N+](=O)[O-])c1O. The molecule has 1 aromatic rings. The van der Waals surface area contributed by atoms with Crippen molar-refractivity contribution < 1.29 is 19.6 Å². The van der Waals surface area contributed by atoms with Crippen LogP contribution in [-0.4, -0.2) is 35.7 Å². The zero-order valence-corrected chi connectivity index (χ0v) is 10.9. The molecule has 0 heterocycles. The number of carbonyl (C=O) groups is 1. The van der Waals surface area contributed by atoms with Gasteiger partial charge in [-0.2, -0.15) is 0 Å². The summed E-state index contributed by atoms with van der Waals surface area (Å²) in [6.07, 6.45) is 2.40. The second-order valence-corrected chi connectivity index (χ2v) is 4.70. The normalized spacial score (nSPS) is 14.0. The van der Waals surface area contributed by atoms with E-state index in [9.17, 15) is 20.0 Å². The first-order chi connectivity index (χ1) is 9.59. The summed E-state index contributed by atoms with van der Waals surface area (Å²) in [5, 5.41) is 22.9. The van der Waals surface area contributed by atoms with E-state index >= 15 is 0 Å². The maximum atomic E-state index is 11.8. The molecule has 2 rings (SSSR count). The van der Waals surface area contributed by atoms with E-state index in [0.29, 0.717) is 25.7 Å². The maximum absolute atomic E-state index is 11.8. The number of nitro groups is 1. The Kier molecular flexibility index (Phi) is 4.52. The minimum absolute atomic E-state index is 0.110. The van der Waals surface area contributed by atoms with Crippen molar-refractivity contribution in [3.05, 3.63) is 33.9 Å². The van der Waals surface area contributed by atoms with Crippen LogP contribution in [0, 0.1) is 16.0 Å². The fourth-order valence-electron chi connectivity index (χ4n) is 1.73. The number of nitro benzene ring substituents is 1. The van der Waals surface area contributed by atoms with Crippen molar-refractivity contribution in [2.45, 2.75) is 12.8 Å². The molecule has 0 spiro atoms. The van der Waals surface area contributed by atoms with E-state index in [1.807, 2.05) is 0 Å². The van der Waals surface area contributed by atoms with Crippen molar-refractivity contribution in [1.29, 1.82) is 0 Å². The van der Waals surface area contributed by atoms with E-state index in [2.05, 4.69) is 5.32 Å². The van der Waals surface area contributed by atoms with Crippen LogP contribution in [0.5, 0.6) is 5.75 Å². The number of para-hydroxylation sites is 1. The van der Waals surface area contributed by atoms with Gasteiger partial charge in [0.25, 0.3) is 5.91 Å². The summed E-state index contributed by atoms with van der Waals surface area (Å²) in [5.74, 6) is -0.512. The number of amides is 1. The quantitative estimate of drug-likeness (QED) is 0.447. The lowest BCUT2D eigenvalue weighted by Crippen LogP contribution is -2.27. The summed E-state index contributed by atoms with van der Waals surface area (Å²) in [4.78, 5) is 21.7. The zero-order chi connectivity index (χ0) is 14.5. The Morgan fingerprint density at radius 2 is 2.25 bits per heavy atom. The van der Waals surface area contributed by atoms with Crippen molar-refractivity contribution in [3.63, 3.8) is 0 Å². The van der Waals surface area contributed by atoms with E-state index < -0.39 is 22.3 Å². The summed E-state index contributed by atoms with van der Waals surface area (Å²) in [6, 6.07) is 3.84. The van der Waals surface area contributed by atoms with Crippen LogP contribution in [-0.2, 0) is 4.74 Å². The lowest BCUT2D eigenvalue weighted by molar-refractivity contribution is -0.385. The zero-order valence-electron chi connectivity index (χ0n) is 10.9. The van der Waals surface area contributed by atoms with Crippen LogP contribution in [0.1, 0.15) is 23.2 Å². The number of rotatable bonds is 7. The van der Waals surface area contributed by atoms with Gasteiger partial charge in [-0.15, -0.1) is 0 Å². The summed E-state index contributed by atoms with van der Waals surface area (Å²) >= 11 is 0. The molecular weight excluding hydrogens is 264 g/mol. The van der Waals surface area contributed by atoms with Crippen LogP contribution in [0.4, 0.5) is 5.69 Å². The molecule has 1 aliphatic carbocycles. The third-order valence-electron chi connectivity index (χ3n) is 3.04. The molecule has 0 unspecified atom stereocenters. The minimum atomic E-state index is -0.731. The predicted molar refractivity (Wildman–Crippen MR) is 70.6 cm³/mol. The predicted octanol–water partition coefficient (Wildman–Crippen LogP) is 1.46. The van der Waals surface area contributed by atoms with Gasteiger partial charge in [0.15, 0.2) is 0 Å². The number of nitrogens with zero attached hydrogens (tertiary/aromatic N) is 1. The van der Waals surface area contributed by atoms with Gasteiger partial charge in [-0.3, -0.25) is 14.9 Å². The second-order valence-electron chi connectivity index (χ2n) is 4.70. The third-order valence-corrected chi connectivity index (χ3v) is 3.04. The number of aromatic hydroxyl groups is 1. The number of hydrogen-bond donors (Lipinski definition) is 2. The lowest BCUT2D eigenvalue weighted by Gasteiger charge is -2.07. The molecule has 20 heavy (non-hydrogen) atoms. The minimum Gasteiger partial charge on any atom is -0.502 e. The Balaban J connectivity index is 1.84. The van der Waals surface area contributed by atoms with Gasteiger partial charge in [-0.05, 0) is 24.8 Å². The Morgan fingerprint density at radius 1 is 1.50 bits per heavy atom. The molecule has 0 bridgehead atoms. The van der Waals surface area contributed by atoms with Crippen molar-refractivity contribution in [1.82, 2.24) is 5.32 Å². The number of phenols is 1. The molecule has 7 nitrogen and oxygen atoms in total. The van der Waals surface area contributed by atoms with Crippen LogP contribution < -0.4 is 5.32 Å². The maximum Gasteiger partial charge on any atom is 0.311 e. The first-order valence-electron chi connectivity index (χ1n) is 6.42. The molecule has 0 radical (unpaired) electrons. The Labute approximate surface area is 115 Å². The van der Waals surface area contributed by atoms with Gasteiger partial charge in [-0.1, -0.05) is 6.07 Å². The Bertz CT molecular complexity index is 513. The third kappa shape index (κ3) is 3.67. The first-order valence-corrected chi connectivity index (χ1v) is 6.42. The largest absolute Gasteiger partial charge is 0.502 e. The standard InChI is InChI=1S/C13H16N2O5/c16-12-10(2-1-3-11(12)15(18)19)13(17)14-6-7-20-8-9-4-5-9/h1-3,9,16H,4-8H2,(H,14,17). The number of benzene rings is 1. The molecule has 0 atom stereocenters. The van der Waals surface area contributed by atoms with Gasteiger partial charge in [-0.25, -0.2) is 0 Å².